The summed E-state index contributed by atoms with van der Waals surface area (Å²) in [5, 5.41) is 10.5. The van der Waals surface area contributed by atoms with E-state index < -0.39 is 0 Å². The van der Waals surface area contributed by atoms with Gasteiger partial charge in [0.1, 0.15) is 18.2 Å². The Labute approximate surface area is 166 Å². The molecule has 2 aliphatic rings. The maximum absolute atomic E-state index is 13.7. The number of fused-ring (bicyclic) bond motifs is 2. The van der Waals surface area contributed by atoms with Gasteiger partial charge in [0.25, 0.3) is 0 Å². The second kappa shape index (κ2) is 7.49. The molecule has 0 aromatic heterocycles. The fourth-order valence-corrected chi connectivity index (χ4v) is 4.75. The third kappa shape index (κ3) is 3.68. The molecule has 150 valence electrons. The molecule has 5 atom stereocenters. The zero-order valence-electron chi connectivity index (χ0n) is 16.8. The molecule has 0 radical (unpaired) electrons. The molecular formula is C24H29FO3. The van der Waals surface area contributed by atoms with Crippen molar-refractivity contribution in [1.29, 1.82) is 0 Å². The van der Waals surface area contributed by atoms with Crippen LogP contribution in [-0.2, 0) is 11.3 Å². The van der Waals surface area contributed by atoms with E-state index in [4.69, 9.17) is 9.47 Å². The minimum Gasteiger partial charge on any atom is -0.489 e. The molecule has 1 saturated carbocycles. The van der Waals surface area contributed by atoms with E-state index in [1.54, 1.807) is 18.2 Å². The predicted octanol–water partition coefficient (Wildman–Crippen LogP) is 5.28. The lowest BCUT2D eigenvalue weighted by atomic mass is 9.63. The normalized spacial score (nSPS) is 31.4. The zero-order valence-corrected chi connectivity index (χ0v) is 16.8. The van der Waals surface area contributed by atoms with E-state index in [1.807, 2.05) is 24.3 Å². The maximum atomic E-state index is 13.7. The molecule has 2 fully saturated rings. The highest BCUT2D eigenvalue weighted by Gasteiger charge is 2.50. The minimum absolute atomic E-state index is 0.0307. The Morgan fingerprint density at radius 1 is 1.11 bits per heavy atom. The molecule has 1 heterocycles. The number of aliphatic hydroxyl groups is 1. The lowest BCUT2D eigenvalue weighted by Crippen LogP contribution is -2.52. The topological polar surface area (TPSA) is 38.7 Å². The first kappa shape index (κ1) is 19.4. The van der Waals surface area contributed by atoms with Gasteiger partial charge in [-0.3, -0.25) is 0 Å². The van der Waals surface area contributed by atoms with Gasteiger partial charge in [0.05, 0.1) is 17.8 Å². The van der Waals surface area contributed by atoms with Gasteiger partial charge in [0, 0.05) is 5.56 Å². The Bertz CT molecular complexity index is 817. The second-order valence-corrected chi connectivity index (χ2v) is 8.85. The van der Waals surface area contributed by atoms with Crippen molar-refractivity contribution >= 4 is 0 Å². The fourth-order valence-electron chi connectivity index (χ4n) is 4.75. The number of benzene rings is 2. The first-order valence-corrected chi connectivity index (χ1v) is 10.2. The van der Waals surface area contributed by atoms with E-state index in [0.29, 0.717) is 23.1 Å². The zero-order chi connectivity index (χ0) is 19.9. The smallest absolute Gasteiger partial charge is 0.129 e. The molecule has 1 aliphatic heterocycles. The quantitative estimate of drug-likeness (QED) is 0.780. The average molecular weight is 384 g/mol. The Kier molecular flexibility index (Phi) is 5.19. The summed E-state index contributed by atoms with van der Waals surface area (Å²) in [4.78, 5) is 0. The lowest BCUT2D eigenvalue weighted by Gasteiger charge is -2.53. The fraction of sp³-hybridized carbons (Fsp3) is 0.500. The summed E-state index contributed by atoms with van der Waals surface area (Å²) < 4.78 is 26.0. The molecule has 2 aromatic rings. The van der Waals surface area contributed by atoms with Gasteiger partial charge in [-0.1, -0.05) is 37.3 Å². The van der Waals surface area contributed by atoms with Crippen molar-refractivity contribution in [3.63, 3.8) is 0 Å². The molecule has 3 nitrogen and oxygen atoms in total. The van der Waals surface area contributed by atoms with Crippen molar-refractivity contribution < 1.29 is 19.0 Å². The number of hydrogen-bond acceptors (Lipinski definition) is 3. The third-order valence-corrected chi connectivity index (χ3v) is 6.73. The number of halogens is 1. The first-order chi connectivity index (χ1) is 13.3. The third-order valence-electron chi connectivity index (χ3n) is 6.73. The van der Waals surface area contributed by atoms with E-state index in [2.05, 4.69) is 20.8 Å². The van der Waals surface area contributed by atoms with Gasteiger partial charge in [-0.15, -0.1) is 0 Å². The van der Waals surface area contributed by atoms with Crippen molar-refractivity contribution in [1.82, 2.24) is 0 Å². The highest BCUT2D eigenvalue weighted by Crippen LogP contribution is 2.53. The van der Waals surface area contributed by atoms with E-state index in [0.717, 1.165) is 18.4 Å². The molecule has 0 unspecified atom stereocenters. The van der Waals surface area contributed by atoms with E-state index in [1.165, 1.54) is 6.07 Å². The second-order valence-electron chi connectivity index (χ2n) is 8.85. The Morgan fingerprint density at radius 3 is 2.54 bits per heavy atom. The summed E-state index contributed by atoms with van der Waals surface area (Å²) in [6, 6.07) is 14.6. The van der Waals surface area contributed by atoms with Crippen LogP contribution in [0.1, 0.15) is 50.8 Å². The predicted molar refractivity (Wildman–Crippen MR) is 106 cm³/mol. The van der Waals surface area contributed by atoms with Crippen LogP contribution >= 0.6 is 0 Å². The standard InChI is InChI=1S/C24H29FO3/c1-15-20-12-18(13-22(15)26)24(2,3)28-23(20)16-8-10-19(11-9-16)27-14-17-6-4-5-7-21(17)25/h4-11,15,18,20,22-23,26H,12-14H2,1-3H3/t15-,18-,20+,22-,23-/m0/s1. The molecular weight excluding hydrogens is 355 g/mol. The van der Waals surface area contributed by atoms with Crippen LogP contribution in [0.25, 0.3) is 0 Å². The summed E-state index contributed by atoms with van der Waals surface area (Å²) in [5.41, 5.74) is 1.40. The van der Waals surface area contributed by atoms with E-state index in [-0.39, 0.29) is 36.2 Å². The van der Waals surface area contributed by atoms with Gasteiger partial charge in [-0.2, -0.15) is 0 Å². The van der Waals surface area contributed by atoms with Gasteiger partial charge in [-0.05, 0) is 68.2 Å². The van der Waals surface area contributed by atoms with Crippen molar-refractivity contribution in [2.45, 2.75) is 58.0 Å². The van der Waals surface area contributed by atoms with Crippen LogP contribution in [0.15, 0.2) is 48.5 Å². The highest BCUT2D eigenvalue weighted by atomic mass is 19.1. The summed E-state index contributed by atoms with van der Waals surface area (Å²) >= 11 is 0. The SMILES string of the molecule is C[C@H]1[C@H]2C[C@@H](C[C@@H]1O)C(C)(C)O[C@H]2c1ccc(OCc2ccccc2F)cc1. The Balaban J connectivity index is 1.49. The molecule has 2 bridgehead atoms. The summed E-state index contributed by atoms with van der Waals surface area (Å²) in [7, 11) is 0. The lowest BCUT2D eigenvalue weighted by molar-refractivity contribution is -0.215. The van der Waals surface area contributed by atoms with Crippen LogP contribution < -0.4 is 4.74 Å². The van der Waals surface area contributed by atoms with Gasteiger partial charge in [-0.25, -0.2) is 4.39 Å². The molecule has 4 rings (SSSR count). The summed E-state index contributed by atoms with van der Waals surface area (Å²) in [6.07, 6.45) is 1.61. The minimum atomic E-state index is -0.266. The number of rotatable bonds is 4. The van der Waals surface area contributed by atoms with Crippen molar-refractivity contribution in [2.75, 3.05) is 0 Å². The molecule has 2 aromatic carbocycles. The molecule has 1 aliphatic carbocycles. The van der Waals surface area contributed by atoms with Crippen LogP contribution in [-0.4, -0.2) is 16.8 Å². The number of ether oxygens (including phenoxy) is 2. The first-order valence-electron chi connectivity index (χ1n) is 10.2. The molecule has 0 amide bonds. The number of hydrogen-bond donors (Lipinski definition) is 1. The van der Waals surface area contributed by atoms with Crippen LogP contribution in [0, 0.1) is 23.6 Å². The van der Waals surface area contributed by atoms with E-state index >= 15 is 0 Å². The molecule has 4 heteroatoms. The van der Waals surface area contributed by atoms with Gasteiger partial charge >= 0.3 is 0 Å². The van der Waals surface area contributed by atoms with Crippen LogP contribution in [0.5, 0.6) is 5.75 Å². The van der Waals surface area contributed by atoms with Gasteiger partial charge in [0.2, 0.25) is 0 Å². The van der Waals surface area contributed by atoms with Crippen LogP contribution in [0.3, 0.4) is 0 Å². The molecule has 1 N–H and O–H groups in total. The average Bonchev–Trinajstić information content (AvgIpc) is 2.68. The summed E-state index contributed by atoms with van der Waals surface area (Å²) in [5.74, 6) is 1.37. The molecule has 1 saturated heterocycles. The van der Waals surface area contributed by atoms with Crippen molar-refractivity contribution in [3.8, 4) is 5.75 Å². The van der Waals surface area contributed by atoms with Gasteiger partial charge < -0.3 is 14.6 Å². The van der Waals surface area contributed by atoms with Crippen molar-refractivity contribution in [2.24, 2.45) is 17.8 Å². The van der Waals surface area contributed by atoms with Gasteiger partial charge in [0.15, 0.2) is 0 Å². The monoisotopic (exact) mass is 384 g/mol. The Hall–Kier alpha value is -1.91. The summed E-state index contributed by atoms with van der Waals surface area (Å²) in [6.45, 7) is 6.60. The molecule has 0 spiro atoms. The largest absolute Gasteiger partial charge is 0.489 e. The van der Waals surface area contributed by atoms with Crippen LogP contribution in [0.2, 0.25) is 0 Å². The van der Waals surface area contributed by atoms with Crippen molar-refractivity contribution in [3.05, 3.63) is 65.5 Å². The highest BCUT2D eigenvalue weighted by molar-refractivity contribution is 5.30. The molecule has 28 heavy (non-hydrogen) atoms. The maximum Gasteiger partial charge on any atom is 0.129 e. The van der Waals surface area contributed by atoms with E-state index in [9.17, 15) is 9.50 Å². The Morgan fingerprint density at radius 2 is 1.82 bits per heavy atom. The van der Waals surface area contributed by atoms with Crippen LogP contribution in [0.4, 0.5) is 4.39 Å². The number of aliphatic hydroxyl groups excluding tert-OH is 1.